The van der Waals surface area contributed by atoms with E-state index in [2.05, 4.69) is 26.2 Å². The van der Waals surface area contributed by atoms with Crippen molar-refractivity contribution < 1.29 is 22.7 Å². The van der Waals surface area contributed by atoms with E-state index in [9.17, 15) is 18.0 Å². The number of rotatable bonds is 6. The fraction of sp³-hybridized carbons (Fsp3) is 0.333. The molecule has 1 aliphatic heterocycles. The normalized spacial score (nSPS) is 23.5. The minimum absolute atomic E-state index is 0.00270. The van der Waals surface area contributed by atoms with Crippen LogP contribution in [0.4, 0.5) is 18.9 Å². The number of hydrogen-bond donors (Lipinski definition) is 2. The van der Waals surface area contributed by atoms with Crippen LogP contribution in [-0.2, 0) is 5.54 Å². The van der Waals surface area contributed by atoms with Gasteiger partial charge < -0.3 is 15.8 Å². The van der Waals surface area contributed by atoms with Crippen LogP contribution in [0.1, 0.15) is 28.2 Å². The van der Waals surface area contributed by atoms with Gasteiger partial charge in [-0.3, -0.25) is 4.79 Å². The zero-order valence-corrected chi connectivity index (χ0v) is 17.7. The van der Waals surface area contributed by atoms with E-state index in [4.69, 9.17) is 16.9 Å². The molecule has 166 valence electrons. The van der Waals surface area contributed by atoms with Gasteiger partial charge in [0.2, 0.25) is 5.88 Å². The van der Waals surface area contributed by atoms with E-state index in [1.165, 1.54) is 30.9 Å². The number of alkyl halides is 1. The van der Waals surface area contributed by atoms with Crippen LogP contribution in [0.15, 0.2) is 23.3 Å². The smallest absolute Gasteiger partial charge is 0.276 e. The fourth-order valence-electron chi connectivity index (χ4n) is 3.76. The maximum absolute atomic E-state index is 14.8. The number of aromatic nitrogens is 2. The lowest BCUT2D eigenvalue weighted by atomic mass is 9.85. The summed E-state index contributed by atoms with van der Waals surface area (Å²) < 4.78 is 48.6. The van der Waals surface area contributed by atoms with E-state index in [1.54, 1.807) is 0 Å². The molecule has 1 aliphatic carbocycles. The van der Waals surface area contributed by atoms with Gasteiger partial charge in [-0.2, -0.15) is 0 Å². The predicted molar refractivity (Wildman–Crippen MR) is 114 cm³/mol. The Morgan fingerprint density at radius 2 is 2.25 bits per heavy atom. The number of terminal acetylenes is 1. The number of hydrogen-bond acceptors (Lipinski definition) is 7. The number of amides is 1. The Hall–Kier alpha value is -3.26. The van der Waals surface area contributed by atoms with Crippen molar-refractivity contribution in [1.29, 1.82) is 0 Å². The highest BCUT2D eigenvalue weighted by molar-refractivity contribution is 8.14. The second kappa shape index (κ2) is 8.35. The molecule has 2 heterocycles. The van der Waals surface area contributed by atoms with Gasteiger partial charge in [-0.1, -0.05) is 17.7 Å². The van der Waals surface area contributed by atoms with E-state index >= 15 is 0 Å². The van der Waals surface area contributed by atoms with Crippen LogP contribution in [0, 0.1) is 36.8 Å². The molecule has 3 N–H and O–H groups in total. The van der Waals surface area contributed by atoms with Crippen LogP contribution in [0.3, 0.4) is 0 Å². The number of aliphatic imine (C=N–C) groups is 1. The predicted octanol–water partition coefficient (Wildman–Crippen LogP) is 2.94. The highest BCUT2D eigenvalue weighted by Gasteiger charge is 2.58. The van der Waals surface area contributed by atoms with Crippen LogP contribution >= 0.6 is 11.8 Å². The molecule has 7 nitrogen and oxygen atoms in total. The van der Waals surface area contributed by atoms with Crippen molar-refractivity contribution in [1.82, 2.24) is 9.97 Å². The Morgan fingerprint density at radius 1 is 1.47 bits per heavy atom. The van der Waals surface area contributed by atoms with Crippen molar-refractivity contribution >= 4 is 28.5 Å². The lowest BCUT2D eigenvalue weighted by molar-refractivity contribution is 0.102. The van der Waals surface area contributed by atoms with Gasteiger partial charge in [0.05, 0.1) is 11.9 Å². The number of amidine groups is 1. The van der Waals surface area contributed by atoms with Gasteiger partial charge in [0.15, 0.2) is 23.4 Å². The molecular weight excluding hydrogens is 443 g/mol. The molecule has 1 saturated carbocycles. The number of ether oxygens (including phenoxy) is 1. The summed E-state index contributed by atoms with van der Waals surface area (Å²) >= 11 is 1.30. The first kappa shape index (κ1) is 22.0. The standard InChI is InChI=1S/C21H18F3N5O2S/c1-3-4-31-16-8-26-18(10(2)27-16)19(30)28-11-5-13(17(24)14(23)6-11)21(9-22)12-7-15(12)32-20(25)29-21/h1,5-6,8,12,15H,4,7,9H2,2H3,(H2,25,29)(H,28,30)/t12?,15?,21-/m0/s1. The molecule has 1 aromatic carbocycles. The Kier molecular flexibility index (Phi) is 5.73. The Balaban J connectivity index is 1.65. The quantitative estimate of drug-likeness (QED) is 0.642. The third kappa shape index (κ3) is 3.86. The summed E-state index contributed by atoms with van der Waals surface area (Å²) in [7, 11) is 0. The lowest BCUT2D eigenvalue weighted by Gasteiger charge is -2.31. The first-order chi connectivity index (χ1) is 15.3. The first-order valence-electron chi connectivity index (χ1n) is 9.57. The summed E-state index contributed by atoms with van der Waals surface area (Å²) in [5.41, 5.74) is 4.01. The summed E-state index contributed by atoms with van der Waals surface area (Å²) in [4.78, 5) is 24.9. The Labute approximate surface area is 186 Å². The van der Waals surface area contributed by atoms with E-state index in [0.29, 0.717) is 6.42 Å². The summed E-state index contributed by atoms with van der Waals surface area (Å²) in [6.07, 6.45) is 6.92. The number of carbonyl (C=O) groups excluding carboxylic acids is 1. The number of nitrogens with zero attached hydrogens (tertiary/aromatic N) is 3. The molecule has 4 rings (SSSR count). The molecule has 0 spiro atoms. The molecule has 1 amide bonds. The molecular formula is C21H18F3N5O2S. The summed E-state index contributed by atoms with van der Waals surface area (Å²) in [5.74, 6) is -1.06. The molecule has 2 aliphatic rings. The fourth-order valence-corrected chi connectivity index (χ4v) is 4.98. The molecule has 1 aromatic heterocycles. The van der Waals surface area contributed by atoms with Crippen molar-refractivity contribution in [2.45, 2.75) is 24.1 Å². The number of benzene rings is 1. The highest BCUT2D eigenvalue weighted by Crippen LogP contribution is 2.58. The minimum Gasteiger partial charge on any atom is -0.463 e. The van der Waals surface area contributed by atoms with Crippen LogP contribution < -0.4 is 15.8 Å². The topological polar surface area (TPSA) is 102 Å². The number of nitrogens with two attached hydrogens (primary N) is 1. The Morgan fingerprint density at radius 3 is 2.94 bits per heavy atom. The largest absolute Gasteiger partial charge is 0.463 e. The van der Waals surface area contributed by atoms with Crippen LogP contribution in [-0.4, -0.2) is 39.6 Å². The van der Waals surface area contributed by atoms with Crippen LogP contribution in [0.5, 0.6) is 5.88 Å². The van der Waals surface area contributed by atoms with Crippen LogP contribution in [0.25, 0.3) is 0 Å². The van der Waals surface area contributed by atoms with Crippen molar-refractivity contribution in [3.8, 4) is 18.2 Å². The van der Waals surface area contributed by atoms with E-state index in [-0.39, 0.29) is 51.5 Å². The molecule has 0 saturated heterocycles. The number of carbonyl (C=O) groups is 1. The van der Waals surface area contributed by atoms with Crippen LogP contribution in [0.2, 0.25) is 0 Å². The molecule has 2 unspecified atom stereocenters. The van der Waals surface area contributed by atoms with Crippen molar-refractivity contribution in [2.75, 3.05) is 18.6 Å². The number of aryl methyl sites for hydroxylation is 1. The zero-order valence-electron chi connectivity index (χ0n) is 16.9. The average Bonchev–Trinajstić information content (AvgIpc) is 3.53. The molecule has 0 radical (unpaired) electrons. The second-order valence-corrected chi connectivity index (χ2v) is 8.67. The maximum Gasteiger partial charge on any atom is 0.276 e. The van der Waals surface area contributed by atoms with Crippen molar-refractivity contribution in [2.24, 2.45) is 16.6 Å². The van der Waals surface area contributed by atoms with Gasteiger partial charge in [0.1, 0.15) is 17.9 Å². The number of anilines is 1. The van der Waals surface area contributed by atoms with Crippen molar-refractivity contribution in [3.63, 3.8) is 0 Å². The molecule has 2 aromatic rings. The van der Waals surface area contributed by atoms with Gasteiger partial charge in [-0.15, -0.1) is 6.42 Å². The Bertz CT molecular complexity index is 1170. The third-order valence-electron chi connectivity index (χ3n) is 5.33. The van der Waals surface area contributed by atoms with E-state index in [0.717, 1.165) is 6.07 Å². The summed E-state index contributed by atoms with van der Waals surface area (Å²) in [5, 5.41) is 2.58. The minimum atomic E-state index is -1.63. The monoisotopic (exact) mass is 461 g/mol. The molecule has 1 fully saturated rings. The van der Waals surface area contributed by atoms with Crippen molar-refractivity contribution in [3.05, 3.63) is 46.9 Å². The summed E-state index contributed by atoms with van der Waals surface area (Å²) in [6, 6.07) is 2.00. The third-order valence-corrected chi connectivity index (χ3v) is 6.48. The van der Waals surface area contributed by atoms with E-state index in [1.807, 2.05) is 0 Å². The van der Waals surface area contributed by atoms with Gasteiger partial charge in [-0.05, 0) is 19.4 Å². The maximum atomic E-state index is 14.8. The SMILES string of the molecule is C#CCOc1cnc(C(=O)Nc2cc(F)c(F)c([C@@]3(CF)N=C(N)SC4CC43)c2)c(C)n1. The summed E-state index contributed by atoms with van der Waals surface area (Å²) in [6.45, 7) is 0.470. The van der Waals surface area contributed by atoms with Gasteiger partial charge in [0.25, 0.3) is 5.91 Å². The van der Waals surface area contributed by atoms with Gasteiger partial charge >= 0.3 is 0 Å². The zero-order chi connectivity index (χ0) is 23.0. The number of fused-ring (bicyclic) bond motifs is 1. The van der Waals surface area contributed by atoms with E-state index < -0.39 is 29.8 Å². The highest BCUT2D eigenvalue weighted by atomic mass is 32.2. The number of nitrogens with one attached hydrogen (secondary N) is 1. The number of halogens is 3. The van der Waals surface area contributed by atoms with Gasteiger partial charge in [-0.25, -0.2) is 28.1 Å². The van der Waals surface area contributed by atoms with Gasteiger partial charge in [0, 0.05) is 28.5 Å². The lowest BCUT2D eigenvalue weighted by Crippen LogP contribution is -2.37. The number of thioether (sulfide) groups is 1. The molecule has 0 bridgehead atoms. The average molecular weight is 461 g/mol. The molecule has 11 heteroatoms. The molecule has 3 atom stereocenters. The first-order valence-corrected chi connectivity index (χ1v) is 10.5. The second-order valence-electron chi connectivity index (χ2n) is 7.42. The molecule has 32 heavy (non-hydrogen) atoms.